The van der Waals surface area contributed by atoms with E-state index < -0.39 is 5.60 Å². The van der Waals surface area contributed by atoms with Crippen molar-refractivity contribution in [1.29, 1.82) is 0 Å². The number of nitrogens with one attached hydrogen (secondary N) is 1. The number of carbonyl (C=O) groups excluding carboxylic acids is 1. The number of hydrogen-bond acceptors (Lipinski definition) is 3. The molecule has 0 saturated carbocycles. The van der Waals surface area contributed by atoms with Gasteiger partial charge in [-0.1, -0.05) is 30.3 Å². The van der Waals surface area contributed by atoms with E-state index in [1.54, 1.807) is 0 Å². The number of ether oxygens (including phenoxy) is 1. The van der Waals surface area contributed by atoms with Crippen molar-refractivity contribution in [3.63, 3.8) is 0 Å². The first-order valence-electron chi connectivity index (χ1n) is 8.62. The van der Waals surface area contributed by atoms with Gasteiger partial charge in [-0.15, -0.1) is 0 Å². The summed E-state index contributed by atoms with van der Waals surface area (Å²) in [6, 6.07) is 11.1. The largest absolute Gasteiger partial charge is 0.444 e. The molecule has 128 valence electrons. The minimum absolute atomic E-state index is 0.183. The first kappa shape index (κ1) is 17.8. The minimum atomic E-state index is -0.432. The second-order valence-electron chi connectivity index (χ2n) is 7.47. The Morgan fingerprint density at radius 3 is 2.70 bits per heavy atom. The van der Waals surface area contributed by atoms with Gasteiger partial charge in [-0.25, -0.2) is 4.79 Å². The van der Waals surface area contributed by atoms with Crippen LogP contribution >= 0.6 is 0 Å². The average Bonchev–Trinajstić information content (AvgIpc) is 2.93. The average molecular weight is 318 g/mol. The maximum absolute atomic E-state index is 12.3. The molecule has 0 bridgehead atoms. The highest BCUT2D eigenvalue weighted by atomic mass is 16.6. The molecule has 1 aromatic rings. The summed E-state index contributed by atoms with van der Waals surface area (Å²) in [4.78, 5) is 14.2. The molecule has 2 rings (SSSR count). The van der Waals surface area contributed by atoms with Crippen LogP contribution < -0.4 is 5.32 Å². The Hall–Kier alpha value is -1.55. The molecule has 0 aromatic heterocycles. The van der Waals surface area contributed by atoms with Crippen LogP contribution in [-0.2, 0) is 11.2 Å². The van der Waals surface area contributed by atoms with Crippen molar-refractivity contribution in [1.82, 2.24) is 10.2 Å². The lowest BCUT2D eigenvalue weighted by Gasteiger charge is -2.29. The summed E-state index contributed by atoms with van der Waals surface area (Å²) in [5.41, 5.74) is 0.904. The van der Waals surface area contributed by atoms with Gasteiger partial charge < -0.3 is 15.0 Å². The fraction of sp³-hybridized carbons (Fsp3) is 0.632. The van der Waals surface area contributed by atoms with Crippen LogP contribution in [0, 0.1) is 0 Å². The van der Waals surface area contributed by atoms with E-state index in [1.165, 1.54) is 5.56 Å². The molecule has 4 heteroatoms. The van der Waals surface area contributed by atoms with Crippen molar-refractivity contribution >= 4 is 6.09 Å². The predicted octanol–water partition coefficient (Wildman–Crippen LogP) is 3.61. The van der Waals surface area contributed by atoms with E-state index in [-0.39, 0.29) is 12.1 Å². The lowest BCUT2D eigenvalue weighted by Crippen LogP contribution is -2.45. The van der Waals surface area contributed by atoms with Crippen molar-refractivity contribution in [2.24, 2.45) is 0 Å². The SMILES string of the molecule is CC(Cc1ccccc1)NCC1CCCN1C(=O)OC(C)(C)C. The molecule has 0 aliphatic carbocycles. The molecular formula is C19H30N2O2. The highest BCUT2D eigenvalue weighted by molar-refractivity contribution is 5.69. The fourth-order valence-corrected chi connectivity index (χ4v) is 2.99. The van der Waals surface area contributed by atoms with Crippen LogP contribution in [-0.4, -0.2) is 41.8 Å². The van der Waals surface area contributed by atoms with Crippen molar-refractivity contribution in [2.75, 3.05) is 13.1 Å². The third-order valence-corrected chi connectivity index (χ3v) is 4.09. The molecule has 4 nitrogen and oxygen atoms in total. The Morgan fingerprint density at radius 1 is 1.35 bits per heavy atom. The molecule has 1 heterocycles. The van der Waals surface area contributed by atoms with Gasteiger partial charge in [0.25, 0.3) is 0 Å². The van der Waals surface area contributed by atoms with Gasteiger partial charge in [0, 0.05) is 25.2 Å². The quantitative estimate of drug-likeness (QED) is 0.902. The van der Waals surface area contributed by atoms with E-state index in [0.717, 1.165) is 32.4 Å². The zero-order chi connectivity index (χ0) is 16.9. The van der Waals surface area contributed by atoms with Gasteiger partial charge in [-0.05, 0) is 52.5 Å². The van der Waals surface area contributed by atoms with Crippen LogP contribution in [0.3, 0.4) is 0 Å². The summed E-state index contributed by atoms with van der Waals surface area (Å²) in [6.07, 6.45) is 2.92. The predicted molar refractivity (Wildman–Crippen MR) is 93.6 cm³/mol. The number of hydrogen-bond donors (Lipinski definition) is 1. The van der Waals surface area contributed by atoms with E-state index in [2.05, 4.69) is 36.5 Å². The maximum atomic E-state index is 12.3. The molecule has 0 spiro atoms. The molecule has 1 aliphatic heterocycles. The lowest BCUT2D eigenvalue weighted by molar-refractivity contribution is 0.0225. The molecule has 1 aliphatic rings. The van der Waals surface area contributed by atoms with Gasteiger partial charge in [0.2, 0.25) is 0 Å². The van der Waals surface area contributed by atoms with Crippen molar-refractivity contribution in [3.05, 3.63) is 35.9 Å². The third kappa shape index (κ3) is 5.87. The first-order chi connectivity index (χ1) is 10.8. The molecule has 1 saturated heterocycles. The van der Waals surface area contributed by atoms with Crippen LogP contribution in [0.15, 0.2) is 30.3 Å². The highest BCUT2D eigenvalue weighted by Gasteiger charge is 2.32. The fourth-order valence-electron chi connectivity index (χ4n) is 2.99. The van der Waals surface area contributed by atoms with Gasteiger partial charge in [-0.2, -0.15) is 0 Å². The topological polar surface area (TPSA) is 41.6 Å². The van der Waals surface area contributed by atoms with E-state index in [9.17, 15) is 4.79 Å². The number of likely N-dealkylation sites (tertiary alicyclic amines) is 1. The molecule has 2 atom stereocenters. The number of benzene rings is 1. The molecule has 1 aromatic carbocycles. The van der Waals surface area contributed by atoms with Crippen LogP contribution in [0.25, 0.3) is 0 Å². The number of rotatable bonds is 5. The van der Waals surface area contributed by atoms with Gasteiger partial charge in [0.05, 0.1) is 0 Å². The molecule has 0 radical (unpaired) electrons. The van der Waals surface area contributed by atoms with Crippen molar-refractivity contribution < 1.29 is 9.53 Å². The summed E-state index contributed by atoms with van der Waals surface area (Å²) in [7, 11) is 0. The van der Waals surface area contributed by atoms with Gasteiger partial charge >= 0.3 is 6.09 Å². The van der Waals surface area contributed by atoms with Gasteiger partial charge in [0.1, 0.15) is 5.60 Å². The Bertz CT molecular complexity index is 496. The third-order valence-electron chi connectivity index (χ3n) is 4.09. The molecule has 1 amide bonds. The molecular weight excluding hydrogens is 288 g/mol. The van der Waals surface area contributed by atoms with Gasteiger partial charge in [0.15, 0.2) is 0 Å². The van der Waals surface area contributed by atoms with Crippen LogP contribution in [0.2, 0.25) is 0 Å². The maximum Gasteiger partial charge on any atom is 0.410 e. The zero-order valence-corrected chi connectivity index (χ0v) is 14.8. The monoisotopic (exact) mass is 318 g/mol. The van der Waals surface area contributed by atoms with Gasteiger partial charge in [-0.3, -0.25) is 0 Å². The Balaban J connectivity index is 1.81. The molecule has 1 N–H and O–H groups in total. The summed E-state index contributed by atoms with van der Waals surface area (Å²) in [5, 5.41) is 3.57. The zero-order valence-electron chi connectivity index (χ0n) is 14.8. The van der Waals surface area contributed by atoms with Crippen LogP contribution in [0.4, 0.5) is 4.79 Å². The minimum Gasteiger partial charge on any atom is -0.444 e. The smallest absolute Gasteiger partial charge is 0.410 e. The highest BCUT2D eigenvalue weighted by Crippen LogP contribution is 2.20. The molecule has 23 heavy (non-hydrogen) atoms. The van der Waals surface area contributed by atoms with Crippen LogP contribution in [0.5, 0.6) is 0 Å². The Labute approximate surface area is 140 Å². The summed E-state index contributed by atoms with van der Waals surface area (Å²) in [5.74, 6) is 0. The second-order valence-corrected chi connectivity index (χ2v) is 7.47. The normalized spacial score (nSPS) is 19.7. The Kier molecular flexibility index (Phi) is 6.05. The number of nitrogens with zero attached hydrogens (tertiary/aromatic N) is 1. The van der Waals surface area contributed by atoms with E-state index >= 15 is 0 Å². The Morgan fingerprint density at radius 2 is 2.04 bits per heavy atom. The van der Waals surface area contributed by atoms with E-state index in [1.807, 2.05) is 31.7 Å². The summed E-state index contributed by atoms with van der Waals surface area (Å²) in [6.45, 7) is 9.56. The van der Waals surface area contributed by atoms with Crippen molar-refractivity contribution in [2.45, 2.75) is 64.6 Å². The number of carbonyl (C=O) groups is 1. The molecule has 2 unspecified atom stereocenters. The molecule has 1 fully saturated rings. The summed E-state index contributed by atoms with van der Waals surface area (Å²) < 4.78 is 5.51. The van der Waals surface area contributed by atoms with Crippen molar-refractivity contribution in [3.8, 4) is 0 Å². The standard InChI is InChI=1S/C19H30N2O2/c1-15(13-16-9-6-5-7-10-16)20-14-17-11-8-12-21(17)18(22)23-19(2,3)4/h5-7,9-10,15,17,20H,8,11-14H2,1-4H3. The lowest BCUT2D eigenvalue weighted by atomic mass is 10.1. The number of amides is 1. The summed E-state index contributed by atoms with van der Waals surface area (Å²) >= 11 is 0. The van der Waals surface area contributed by atoms with E-state index in [4.69, 9.17) is 4.74 Å². The van der Waals surface area contributed by atoms with Crippen LogP contribution in [0.1, 0.15) is 46.1 Å². The van der Waals surface area contributed by atoms with E-state index in [0.29, 0.717) is 6.04 Å². The first-order valence-corrected chi connectivity index (χ1v) is 8.62. The second kappa shape index (κ2) is 7.82.